The number of carbonyl (C=O) groups excluding carboxylic acids is 1. The van der Waals surface area contributed by atoms with Crippen molar-refractivity contribution in [2.45, 2.75) is 32.7 Å². The van der Waals surface area contributed by atoms with Crippen LogP contribution in [-0.2, 0) is 21.5 Å². The summed E-state index contributed by atoms with van der Waals surface area (Å²) in [5, 5.41) is 9.55. The van der Waals surface area contributed by atoms with Crippen molar-refractivity contribution in [2.24, 2.45) is 0 Å². The van der Waals surface area contributed by atoms with E-state index in [4.69, 9.17) is 9.26 Å². The first-order valence-corrected chi connectivity index (χ1v) is 7.18. The zero-order valence-corrected chi connectivity index (χ0v) is 12.5. The molecule has 0 aliphatic heterocycles. The van der Waals surface area contributed by atoms with Gasteiger partial charge in [0, 0.05) is 11.4 Å². The zero-order chi connectivity index (χ0) is 14.6. The van der Waals surface area contributed by atoms with Gasteiger partial charge in [-0.25, -0.2) is 4.98 Å². The van der Waals surface area contributed by atoms with Crippen molar-refractivity contribution < 1.29 is 14.1 Å². The van der Waals surface area contributed by atoms with Crippen LogP contribution in [0.2, 0.25) is 0 Å². The lowest BCUT2D eigenvalue weighted by Crippen LogP contribution is -2.31. The van der Waals surface area contributed by atoms with Crippen LogP contribution in [-0.4, -0.2) is 22.7 Å². The largest absolute Gasteiger partial charge is 0.465 e. The summed E-state index contributed by atoms with van der Waals surface area (Å²) in [7, 11) is 0. The summed E-state index contributed by atoms with van der Waals surface area (Å²) in [6.45, 7) is 6.30. The van der Waals surface area contributed by atoms with E-state index in [1.165, 1.54) is 17.6 Å². The van der Waals surface area contributed by atoms with E-state index in [1.807, 2.05) is 19.2 Å². The topological polar surface area (TPSA) is 77.2 Å². The molecular formula is C13H17N3O3S. The number of nitrogens with one attached hydrogen (secondary N) is 1. The third-order valence-electron chi connectivity index (χ3n) is 2.84. The second-order valence-corrected chi connectivity index (χ2v) is 5.59. The molecule has 0 atom stereocenters. The summed E-state index contributed by atoms with van der Waals surface area (Å²) in [6.07, 6.45) is 1.52. The van der Waals surface area contributed by atoms with Gasteiger partial charge in [0.05, 0.1) is 18.8 Å². The molecule has 0 unspecified atom stereocenters. The van der Waals surface area contributed by atoms with Crippen LogP contribution in [0.3, 0.4) is 0 Å². The Morgan fingerprint density at radius 2 is 2.35 bits per heavy atom. The fourth-order valence-electron chi connectivity index (χ4n) is 1.55. The van der Waals surface area contributed by atoms with Crippen LogP contribution in [0.15, 0.2) is 22.2 Å². The Hall–Kier alpha value is -1.89. The summed E-state index contributed by atoms with van der Waals surface area (Å²) in [6, 6.07) is 1.78. The third kappa shape index (κ3) is 3.16. The van der Waals surface area contributed by atoms with Crippen molar-refractivity contribution in [3.05, 3.63) is 29.1 Å². The standard InChI is InChI=1S/C13H17N3O3S/c1-4-18-11(17)13(2,3)10-8-20-12(15-10)14-7-9-5-6-19-16-9/h5-6,8H,4,7H2,1-3H3,(H,14,15). The molecule has 0 aliphatic rings. The predicted octanol–water partition coefficient (Wildman–Crippen LogP) is 2.58. The quantitative estimate of drug-likeness (QED) is 0.825. The number of ether oxygens (including phenoxy) is 1. The van der Waals surface area contributed by atoms with Gasteiger partial charge in [-0.1, -0.05) is 5.16 Å². The van der Waals surface area contributed by atoms with Crippen LogP contribution < -0.4 is 5.32 Å². The smallest absolute Gasteiger partial charge is 0.317 e. The van der Waals surface area contributed by atoms with Gasteiger partial charge in [0.25, 0.3) is 0 Å². The Morgan fingerprint density at radius 3 is 3.00 bits per heavy atom. The molecule has 0 spiro atoms. The van der Waals surface area contributed by atoms with Crippen molar-refractivity contribution in [1.82, 2.24) is 10.1 Å². The van der Waals surface area contributed by atoms with Gasteiger partial charge in [-0.05, 0) is 20.8 Å². The summed E-state index contributed by atoms with van der Waals surface area (Å²) in [5.74, 6) is -0.270. The number of aromatic nitrogens is 2. The van der Waals surface area contributed by atoms with Gasteiger partial charge < -0.3 is 14.6 Å². The molecule has 20 heavy (non-hydrogen) atoms. The van der Waals surface area contributed by atoms with Crippen molar-refractivity contribution in [3.63, 3.8) is 0 Å². The third-order valence-corrected chi connectivity index (χ3v) is 3.64. The summed E-state index contributed by atoms with van der Waals surface area (Å²) in [4.78, 5) is 16.4. The van der Waals surface area contributed by atoms with E-state index in [-0.39, 0.29) is 5.97 Å². The predicted molar refractivity (Wildman–Crippen MR) is 75.6 cm³/mol. The van der Waals surface area contributed by atoms with Gasteiger partial charge >= 0.3 is 5.97 Å². The maximum Gasteiger partial charge on any atom is 0.317 e. The van der Waals surface area contributed by atoms with E-state index in [0.29, 0.717) is 18.8 Å². The Labute approximate surface area is 121 Å². The number of rotatable bonds is 6. The van der Waals surface area contributed by atoms with Crippen LogP contribution in [0, 0.1) is 0 Å². The second kappa shape index (κ2) is 6.04. The molecule has 0 aliphatic carbocycles. The van der Waals surface area contributed by atoms with Gasteiger partial charge in [0.2, 0.25) is 0 Å². The minimum atomic E-state index is -0.750. The van der Waals surface area contributed by atoms with Crippen LogP contribution in [0.4, 0.5) is 5.13 Å². The molecule has 6 nitrogen and oxygen atoms in total. The summed E-state index contributed by atoms with van der Waals surface area (Å²) in [5.41, 5.74) is 0.746. The van der Waals surface area contributed by atoms with Gasteiger partial charge in [0.15, 0.2) is 5.13 Å². The van der Waals surface area contributed by atoms with Crippen molar-refractivity contribution in [3.8, 4) is 0 Å². The molecule has 0 fully saturated rings. The molecule has 0 bridgehead atoms. The monoisotopic (exact) mass is 295 g/mol. The van der Waals surface area contributed by atoms with E-state index in [2.05, 4.69) is 15.5 Å². The van der Waals surface area contributed by atoms with Crippen molar-refractivity contribution in [2.75, 3.05) is 11.9 Å². The fraction of sp³-hybridized carbons (Fsp3) is 0.462. The van der Waals surface area contributed by atoms with Crippen LogP contribution >= 0.6 is 11.3 Å². The van der Waals surface area contributed by atoms with Crippen LogP contribution in [0.5, 0.6) is 0 Å². The van der Waals surface area contributed by atoms with E-state index in [1.54, 1.807) is 13.0 Å². The molecule has 1 N–H and O–H groups in total. The molecule has 0 amide bonds. The molecule has 108 valence electrons. The zero-order valence-electron chi connectivity index (χ0n) is 11.7. The fourth-order valence-corrected chi connectivity index (χ4v) is 2.43. The highest BCUT2D eigenvalue weighted by atomic mass is 32.1. The Kier molecular flexibility index (Phi) is 4.39. The minimum Gasteiger partial charge on any atom is -0.465 e. The van der Waals surface area contributed by atoms with Crippen molar-refractivity contribution >= 4 is 22.4 Å². The van der Waals surface area contributed by atoms with Gasteiger partial charge in [0.1, 0.15) is 17.4 Å². The number of carbonyl (C=O) groups is 1. The van der Waals surface area contributed by atoms with Gasteiger partial charge in [-0.15, -0.1) is 11.3 Å². The number of hydrogen-bond donors (Lipinski definition) is 1. The molecule has 0 saturated carbocycles. The number of nitrogens with zero attached hydrogens (tertiary/aromatic N) is 2. The number of esters is 1. The lowest BCUT2D eigenvalue weighted by atomic mass is 9.90. The van der Waals surface area contributed by atoms with Crippen LogP contribution in [0.25, 0.3) is 0 Å². The molecule has 2 aromatic rings. The van der Waals surface area contributed by atoms with Crippen LogP contribution in [0.1, 0.15) is 32.2 Å². The maximum absolute atomic E-state index is 11.9. The van der Waals surface area contributed by atoms with Crippen molar-refractivity contribution in [1.29, 1.82) is 0 Å². The van der Waals surface area contributed by atoms with Gasteiger partial charge in [-0.3, -0.25) is 4.79 Å². The molecule has 0 aromatic carbocycles. The highest BCUT2D eigenvalue weighted by Gasteiger charge is 2.33. The average molecular weight is 295 g/mol. The number of hydrogen-bond acceptors (Lipinski definition) is 7. The first-order valence-electron chi connectivity index (χ1n) is 6.30. The SMILES string of the molecule is CCOC(=O)C(C)(C)c1csc(NCc2ccon2)n1. The second-order valence-electron chi connectivity index (χ2n) is 4.73. The van der Waals surface area contributed by atoms with Gasteiger partial charge in [-0.2, -0.15) is 0 Å². The van der Waals surface area contributed by atoms with E-state index in [0.717, 1.165) is 10.8 Å². The highest BCUT2D eigenvalue weighted by Crippen LogP contribution is 2.28. The molecule has 2 rings (SSSR count). The van der Waals surface area contributed by atoms with E-state index < -0.39 is 5.41 Å². The minimum absolute atomic E-state index is 0.270. The lowest BCUT2D eigenvalue weighted by molar-refractivity contribution is -0.148. The van der Waals surface area contributed by atoms with E-state index >= 15 is 0 Å². The molecule has 0 saturated heterocycles. The number of thiazole rings is 1. The Bertz CT molecular complexity index is 563. The first-order chi connectivity index (χ1) is 9.54. The molecule has 7 heteroatoms. The van der Waals surface area contributed by atoms with E-state index in [9.17, 15) is 4.79 Å². The first kappa shape index (κ1) is 14.5. The average Bonchev–Trinajstić information content (AvgIpc) is 3.08. The summed E-state index contributed by atoms with van der Waals surface area (Å²) >= 11 is 1.45. The number of anilines is 1. The lowest BCUT2D eigenvalue weighted by Gasteiger charge is -2.19. The normalized spacial score (nSPS) is 11.3. The molecule has 2 aromatic heterocycles. The highest BCUT2D eigenvalue weighted by molar-refractivity contribution is 7.13. The molecule has 0 radical (unpaired) electrons. The summed E-state index contributed by atoms with van der Waals surface area (Å²) < 4.78 is 9.82. The molecule has 2 heterocycles. The molecular weight excluding hydrogens is 278 g/mol. The Morgan fingerprint density at radius 1 is 1.55 bits per heavy atom. The maximum atomic E-state index is 11.9. The Balaban J connectivity index is 2.02.